The van der Waals surface area contributed by atoms with Crippen LogP contribution in [0.3, 0.4) is 0 Å². The summed E-state index contributed by atoms with van der Waals surface area (Å²) in [4.78, 5) is 9.67. The predicted octanol–water partition coefficient (Wildman–Crippen LogP) is 6.69. The molecular formula is C32H38ClF3N4O. The largest absolute Gasteiger partial charge is 0.493 e. The van der Waals surface area contributed by atoms with Gasteiger partial charge in [0.25, 0.3) is 0 Å². The number of ether oxygens (including phenoxy) is 1. The van der Waals surface area contributed by atoms with Crippen molar-refractivity contribution >= 4 is 18.1 Å². The van der Waals surface area contributed by atoms with Crippen molar-refractivity contribution in [3.8, 4) is 17.0 Å². The zero-order valence-corrected chi connectivity index (χ0v) is 24.2. The first kappa shape index (κ1) is 29.7. The minimum Gasteiger partial charge on any atom is -0.493 e. The highest BCUT2D eigenvalue weighted by molar-refractivity contribution is 5.85. The number of aromatic nitrogens is 1. The first-order valence-corrected chi connectivity index (χ1v) is 14.5. The van der Waals surface area contributed by atoms with Crippen LogP contribution >= 0.6 is 12.4 Å². The molecule has 1 atom stereocenters. The van der Waals surface area contributed by atoms with Gasteiger partial charge in [0, 0.05) is 55.4 Å². The number of piperidine rings is 1. The molecule has 3 aromatic rings. The fourth-order valence-electron chi connectivity index (χ4n) is 6.94. The fraction of sp³-hybridized carbons (Fsp3) is 0.469. The number of nitrogens with one attached hydrogen (secondary N) is 1. The van der Waals surface area contributed by atoms with Gasteiger partial charge in [0.15, 0.2) is 0 Å². The topological polar surface area (TPSA) is 40.6 Å². The van der Waals surface area contributed by atoms with Crippen molar-refractivity contribution in [1.29, 1.82) is 0 Å². The molecule has 2 saturated heterocycles. The first-order valence-electron chi connectivity index (χ1n) is 14.5. The standard InChI is InChI=1S/C32H37F3N4O.ClH/c1-2-40-30-12-6-3-9-24(30)27-14-13-25-28(37-27)21-38(20-23-8-7-17-36-23)22-31(25)15-18-39(19-16-31)29-11-5-4-10-26(29)32(33,34)35;/h3-6,9-14,23,36H,2,7-8,15-22H2,1H3;1H/t23-;/m1./s1. The number of hydrogen-bond donors (Lipinski definition) is 1. The maximum Gasteiger partial charge on any atom is 0.418 e. The van der Waals surface area contributed by atoms with Gasteiger partial charge < -0.3 is 15.0 Å². The fourth-order valence-corrected chi connectivity index (χ4v) is 6.94. The normalized spacial score (nSPS) is 20.5. The second kappa shape index (κ2) is 12.2. The van der Waals surface area contributed by atoms with Crippen LogP contribution in [0.2, 0.25) is 0 Å². The quantitative estimate of drug-likeness (QED) is 0.348. The van der Waals surface area contributed by atoms with Gasteiger partial charge in [-0.25, -0.2) is 0 Å². The summed E-state index contributed by atoms with van der Waals surface area (Å²) >= 11 is 0. The third-order valence-corrected chi connectivity index (χ3v) is 8.82. The van der Waals surface area contributed by atoms with Crippen LogP contribution in [0.1, 0.15) is 49.4 Å². The summed E-state index contributed by atoms with van der Waals surface area (Å²) in [6.07, 6.45) is -0.418. The summed E-state index contributed by atoms with van der Waals surface area (Å²) in [6.45, 7) is 7.43. The molecule has 0 amide bonds. The van der Waals surface area contributed by atoms with E-state index in [4.69, 9.17) is 9.72 Å². The number of hydrogen-bond acceptors (Lipinski definition) is 5. The van der Waals surface area contributed by atoms with E-state index in [1.807, 2.05) is 30.0 Å². The number of alkyl halides is 3. The molecule has 41 heavy (non-hydrogen) atoms. The summed E-state index contributed by atoms with van der Waals surface area (Å²) in [5.74, 6) is 0.826. The second-order valence-corrected chi connectivity index (χ2v) is 11.4. The van der Waals surface area contributed by atoms with Gasteiger partial charge in [-0.15, -0.1) is 12.4 Å². The maximum atomic E-state index is 13.8. The molecule has 9 heteroatoms. The minimum atomic E-state index is -4.37. The number of halogens is 4. The van der Waals surface area contributed by atoms with Crippen LogP contribution in [0, 0.1) is 0 Å². The Morgan fingerprint density at radius 1 is 1.02 bits per heavy atom. The molecule has 2 fully saturated rings. The van der Waals surface area contributed by atoms with Crippen molar-refractivity contribution in [1.82, 2.24) is 15.2 Å². The highest BCUT2D eigenvalue weighted by Crippen LogP contribution is 2.45. The van der Waals surface area contributed by atoms with Gasteiger partial charge in [0.05, 0.1) is 23.6 Å². The number of benzene rings is 2. The molecule has 0 aliphatic carbocycles. The van der Waals surface area contributed by atoms with E-state index in [1.54, 1.807) is 12.1 Å². The Labute approximate surface area is 246 Å². The molecule has 3 aliphatic rings. The Kier molecular flexibility index (Phi) is 8.83. The highest BCUT2D eigenvalue weighted by Gasteiger charge is 2.44. The third-order valence-electron chi connectivity index (χ3n) is 8.82. The van der Waals surface area contributed by atoms with Crippen molar-refractivity contribution in [2.45, 2.75) is 56.8 Å². The molecule has 1 aromatic heterocycles. The maximum absolute atomic E-state index is 13.8. The molecule has 0 saturated carbocycles. The second-order valence-electron chi connectivity index (χ2n) is 11.4. The van der Waals surface area contributed by atoms with Crippen LogP contribution in [0.25, 0.3) is 11.3 Å². The molecular weight excluding hydrogens is 549 g/mol. The van der Waals surface area contributed by atoms with Crippen molar-refractivity contribution in [3.63, 3.8) is 0 Å². The van der Waals surface area contributed by atoms with E-state index in [9.17, 15) is 13.2 Å². The summed E-state index contributed by atoms with van der Waals surface area (Å²) in [5, 5.41) is 3.63. The van der Waals surface area contributed by atoms with Crippen molar-refractivity contribution in [2.75, 3.05) is 44.2 Å². The van der Waals surface area contributed by atoms with Crippen molar-refractivity contribution in [3.05, 3.63) is 77.5 Å². The van der Waals surface area contributed by atoms with Gasteiger partial charge in [0.2, 0.25) is 0 Å². The predicted molar refractivity (Wildman–Crippen MR) is 159 cm³/mol. The van der Waals surface area contributed by atoms with E-state index in [-0.39, 0.29) is 23.5 Å². The molecule has 0 bridgehead atoms. The lowest BCUT2D eigenvalue weighted by atomic mass is 9.69. The lowest BCUT2D eigenvalue weighted by Gasteiger charge is -2.49. The van der Waals surface area contributed by atoms with Crippen LogP contribution in [0.15, 0.2) is 60.7 Å². The summed E-state index contributed by atoms with van der Waals surface area (Å²) in [6, 6.07) is 18.8. The molecule has 4 heterocycles. The van der Waals surface area contributed by atoms with Gasteiger partial charge in [-0.2, -0.15) is 13.2 Å². The van der Waals surface area contributed by atoms with Gasteiger partial charge in [-0.05, 0) is 75.0 Å². The van der Waals surface area contributed by atoms with Gasteiger partial charge in [-0.3, -0.25) is 9.88 Å². The summed E-state index contributed by atoms with van der Waals surface area (Å²) in [7, 11) is 0. The number of anilines is 1. The Balaban J connectivity index is 0.00000337. The Morgan fingerprint density at radius 3 is 2.51 bits per heavy atom. The van der Waals surface area contributed by atoms with E-state index in [2.05, 4.69) is 28.4 Å². The van der Waals surface area contributed by atoms with E-state index in [1.165, 1.54) is 30.5 Å². The highest BCUT2D eigenvalue weighted by atomic mass is 35.5. The molecule has 2 aromatic carbocycles. The van der Waals surface area contributed by atoms with Crippen LogP contribution in [-0.4, -0.2) is 55.3 Å². The monoisotopic (exact) mass is 586 g/mol. The Morgan fingerprint density at radius 2 is 1.78 bits per heavy atom. The van der Waals surface area contributed by atoms with Gasteiger partial charge in [0.1, 0.15) is 5.75 Å². The SMILES string of the molecule is CCOc1ccccc1-c1ccc2c(n1)CN(C[C@H]1CCCN1)CC21CCN(c2ccccc2C(F)(F)F)CC1.Cl. The van der Waals surface area contributed by atoms with Crippen LogP contribution < -0.4 is 15.0 Å². The van der Waals surface area contributed by atoms with Crippen molar-refractivity contribution in [2.24, 2.45) is 0 Å². The molecule has 0 radical (unpaired) electrons. The molecule has 3 aliphatic heterocycles. The Hall–Kier alpha value is -2.81. The molecule has 0 unspecified atom stereocenters. The van der Waals surface area contributed by atoms with Crippen LogP contribution in [-0.2, 0) is 18.1 Å². The number of pyridine rings is 1. The Bertz CT molecular complexity index is 1340. The van der Waals surface area contributed by atoms with Crippen molar-refractivity contribution < 1.29 is 17.9 Å². The molecule has 220 valence electrons. The molecule has 1 spiro atoms. The van der Waals surface area contributed by atoms with E-state index in [0.29, 0.717) is 25.7 Å². The summed E-state index contributed by atoms with van der Waals surface area (Å²) < 4.78 is 47.3. The average Bonchev–Trinajstić information content (AvgIpc) is 3.46. The van der Waals surface area contributed by atoms with E-state index in [0.717, 1.165) is 61.7 Å². The first-order chi connectivity index (χ1) is 19.4. The zero-order chi connectivity index (χ0) is 27.7. The lowest BCUT2D eigenvalue weighted by molar-refractivity contribution is -0.137. The lowest BCUT2D eigenvalue weighted by Crippen LogP contribution is -2.54. The van der Waals surface area contributed by atoms with Crippen LogP contribution in [0.5, 0.6) is 5.75 Å². The zero-order valence-electron chi connectivity index (χ0n) is 23.4. The van der Waals surface area contributed by atoms with Crippen LogP contribution in [0.4, 0.5) is 18.9 Å². The van der Waals surface area contributed by atoms with E-state index < -0.39 is 11.7 Å². The molecule has 5 nitrogen and oxygen atoms in total. The van der Waals surface area contributed by atoms with Gasteiger partial charge in [-0.1, -0.05) is 30.3 Å². The minimum absolute atomic E-state index is 0. The molecule has 6 rings (SSSR count). The number of rotatable bonds is 6. The number of nitrogens with zero attached hydrogens (tertiary/aromatic N) is 3. The molecule has 1 N–H and O–H groups in total. The number of para-hydroxylation sites is 2. The van der Waals surface area contributed by atoms with E-state index >= 15 is 0 Å². The third kappa shape index (κ3) is 6.06. The van der Waals surface area contributed by atoms with Gasteiger partial charge >= 0.3 is 6.18 Å². The smallest absolute Gasteiger partial charge is 0.418 e. The number of fused-ring (bicyclic) bond motifs is 2. The average molecular weight is 587 g/mol. The summed E-state index contributed by atoms with van der Waals surface area (Å²) in [5.41, 5.74) is 3.81.